The molecule has 0 bridgehead atoms. The topological polar surface area (TPSA) is 40.5 Å². The fourth-order valence-electron chi connectivity index (χ4n) is 3.36. The Kier molecular flexibility index (Phi) is 5.74. The number of halogens is 2. The summed E-state index contributed by atoms with van der Waals surface area (Å²) in [6.45, 7) is 1.56. The van der Waals surface area contributed by atoms with E-state index in [4.69, 9.17) is 0 Å². The van der Waals surface area contributed by atoms with Crippen molar-refractivity contribution in [3.63, 3.8) is 0 Å². The number of aliphatic carboxylic acids is 1. The molecule has 1 N–H and O–H groups in total. The molecule has 0 unspecified atom stereocenters. The van der Waals surface area contributed by atoms with Crippen LogP contribution < -0.4 is 0 Å². The van der Waals surface area contributed by atoms with Gasteiger partial charge in [0.1, 0.15) is 0 Å². The van der Waals surface area contributed by atoms with E-state index in [9.17, 15) is 9.90 Å². The third kappa shape index (κ3) is 3.73. The number of carboxylic acid groups (broad SMARTS) is 1. The summed E-state index contributed by atoms with van der Waals surface area (Å²) in [6.07, 6.45) is 1.39. The quantitative estimate of drug-likeness (QED) is 0.701. The first kappa shape index (κ1) is 17.6. The lowest BCUT2D eigenvalue weighted by Gasteiger charge is -2.37. The van der Waals surface area contributed by atoms with Crippen molar-refractivity contribution in [2.24, 2.45) is 5.92 Å². The molecule has 1 heterocycles. The highest BCUT2D eigenvalue weighted by atomic mass is 79.9. The van der Waals surface area contributed by atoms with Crippen molar-refractivity contribution in [3.8, 4) is 0 Å². The fourth-order valence-corrected chi connectivity index (χ4v) is 4.36. The van der Waals surface area contributed by atoms with Crippen LogP contribution in [-0.4, -0.2) is 29.1 Å². The fraction of sp³-hybridized carbons (Fsp3) is 0.316. The van der Waals surface area contributed by atoms with Crippen molar-refractivity contribution < 1.29 is 9.90 Å². The second-order valence-electron chi connectivity index (χ2n) is 6.09. The van der Waals surface area contributed by atoms with Gasteiger partial charge < -0.3 is 5.11 Å². The molecule has 0 saturated carbocycles. The van der Waals surface area contributed by atoms with Crippen molar-refractivity contribution in [3.05, 3.63) is 68.6 Å². The molecule has 0 amide bonds. The molecule has 24 heavy (non-hydrogen) atoms. The summed E-state index contributed by atoms with van der Waals surface area (Å²) >= 11 is 7.37. The van der Waals surface area contributed by atoms with E-state index >= 15 is 0 Å². The van der Waals surface area contributed by atoms with E-state index in [1.165, 1.54) is 11.1 Å². The summed E-state index contributed by atoms with van der Waals surface area (Å²) < 4.78 is 2.15. The van der Waals surface area contributed by atoms with Crippen LogP contribution in [-0.2, 0) is 4.79 Å². The van der Waals surface area contributed by atoms with E-state index in [0.717, 1.165) is 22.0 Å². The predicted octanol–water partition coefficient (Wildman–Crippen LogP) is 5.10. The molecule has 0 radical (unpaired) electrons. The number of carbonyl (C=O) groups is 1. The summed E-state index contributed by atoms with van der Waals surface area (Å²) in [7, 11) is 0. The molecule has 1 saturated heterocycles. The molecule has 2 aromatic rings. The Hall–Kier alpha value is -1.17. The average molecular weight is 453 g/mol. The van der Waals surface area contributed by atoms with Crippen LogP contribution in [0.15, 0.2) is 57.5 Å². The first-order chi connectivity index (χ1) is 11.6. The molecular formula is C19H19Br2NO2. The molecular weight excluding hydrogens is 434 g/mol. The minimum atomic E-state index is -0.673. The standard InChI is InChI=1S/C19H19Br2NO2/c20-16-7-3-1-5-14(16)18(15-6-2-4-8-17(15)21)22-11-9-13(10-12-22)19(23)24/h1-8,13,18H,9-12H2,(H,23,24). The molecule has 2 aromatic carbocycles. The van der Waals surface area contributed by atoms with Gasteiger partial charge in [0.2, 0.25) is 0 Å². The van der Waals surface area contributed by atoms with Crippen LogP contribution in [0.1, 0.15) is 30.0 Å². The van der Waals surface area contributed by atoms with Gasteiger partial charge in [-0.15, -0.1) is 0 Å². The average Bonchev–Trinajstić information content (AvgIpc) is 2.59. The summed E-state index contributed by atoms with van der Waals surface area (Å²) in [4.78, 5) is 13.6. The number of rotatable bonds is 4. The Balaban J connectivity index is 1.97. The van der Waals surface area contributed by atoms with Gasteiger partial charge in [-0.05, 0) is 49.2 Å². The second kappa shape index (κ2) is 7.81. The zero-order valence-electron chi connectivity index (χ0n) is 13.2. The lowest BCUT2D eigenvalue weighted by molar-refractivity contribution is -0.143. The van der Waals surface area contributed by atoms with Gasteiger partial charge in [-0.1, -0.05) is 68.3 Å². The highest BCUT2D eigenvalue weighted by Crippen LogP contribution is 2.38. The first-order valence-corrected chi connectivity index (χ1v) is 9.62. The summed E-state index contributed by atoms with van der Waals surface area (Å²) in [5.74, 6) is -0.895. The highest BCUT2D eigenvalue weighted by molar-refractivity contribution is 9.10. The van der Waals surface area contributed by atoms with Crippen molar-refractivity contribution in [1.29, 1.82) is 0 Å². The summed E-state index contributed by atoms with van der Waals surface area (Å²) in [5, 5.41) is 9.25. The molecule has 1 fully saturated rings. The Morgan fingerprint density at radius 2 is 1.42 bits per heavy atom. The number of benzene rings is 2. The molecule has 3 rings (SSSR count). The SMILES string of the molecule is O=C(O)C1CCN(C(c2ccccc2Br)c2ccccc2Br)CC1. The Morgan fingerprint density at radius 1 is 0.958 bits per heavy atom. The van der Waals surface area contributed by atoms with Gasteiger partial charge in [-0.25, -0.2) is 0 Å². The second-order valence-corrected chi connectivity index (χ2v) is 7.80. The van der Waals surface area contributed by atoms with Crippen LogP contribution in [0.25, 0.3) is 0 Å². The van der Waals surface area contributed by atoms with E-state index in [2.05, 4.69) is 61.0 Å². The molecule has 5 heteroatoms. The number of likely N-dealkylation sites (tertiary alicyclic amines) is 1. The van der Waals surface area contributed by atoms with Gasteiger partial charge >= 0.3 is 5.97 Å². The smallest absolute Gasteiger partial charge is 0.306 e. The lowest BCUT2D eigenvalue weighted by Crippen LogP contribution is -2.39. The monoisotopic (exact) mass is 451 g/mol. The first-order valence-electron chi connectivity index (χ1n) is 8.03. The number of piperidine rings is 1. The van der Waals surface area contributed by atoms with Crippen LogP contribution in [0.5, 0.6) is 0 Å². The van der Waals surface area contributed by atoms with Crippen molar-refractivity contribution in [2.45, 2.75) is 18.9 Å². The molecule has 0 atom stereocenters. The number of hydrogen-bond acceptors (Lipinski definition) is 2. The third-order valence-electron chi connectivity index (χ3n) is 4.64. The number of hydrogen-bond donors (Lipinski definition) is 1. The Bertz CT molecular complexity index is 681. The Labute approximate surface area is 158 Å². The number of carboxylic acids is 1. The van der Waals surface area contributed by atoms with Crippen LogP contribution in [0.3, 0.4) is 0 Å². The maximum atomic E-state index is 11.2. The highest BCUT2D eigenvalue weighted by Gasteiger charge is 2.31. The normalized spacial score (nSPS) is 16.5. The van der Waals surface area contributed by atoms with Gasteiger partial charge in [-0.2, -0.15) is 0 Å². The van der Waals surface area contributed by atoms with Crippen LogP contribution in [0.4, 0.5) is 0 Å². The van der Waals surface area contributed by atoms with Gasteiger partial charge in [0.25, 0.3) is 0 Å². The zero-order valence-corrected chi connectivity index (χ0v) is 16.3. The molecule has 126 valence electrons. The summed E-state index contributed by atoms with van der Waals surface area (Å²) in [6, 6.07) is 16.6. The van der Waals surface area contributed by atoms with Crippen LogP contribution >= 0.6 is 31.9 Å². The molecule has 1 aliphatic rings. The molecule has 0 spiro atoms. The molecule has 3 nitrogen and oxygen atoms in total. The summed E-state index contributed by atoms with van der Waals surface area (Å²) in [5.41, 5.74) is 2.41. The van der Waals surface area contributed by atoms with E-state index < -0.39 is 5.97 Å². The van der Waals surface area contributed by atoms with Crippen molar-refractivity contribution in [2.75, 3.05) is 13.1 Å². The van der Waals surface area contributed by atoms with E-state index in [1.807, 2.05) is 24.3 Å². The minimum absolute atomic E-state index is 0.103. The predicted molar refractivity (Wildman–Crippen MR) is 102 cm³/mol. The lowest BCUT2D eigenvalue weighted by atomic mass is 9.91. The van der Waals surface area contributed by atoms with Crippen molar-refractivity contribution in [1.82, 2.24) is 4.90 Å². The van der Waals surface area contributed by atoms with Gasteiger partial charge in [0.15, 0.2) is 0 Å². The maximum absolute atomic E-state index is 11.2. The van der Waals surface area contributed by atoms with Crippen LogP contribution in [0, 0.1) is 5.92 Å². The molecule has 0 aliphatic carbocycles. The van der Waals surface area contributed by atoms with E-state index in [1.54, 1.807) is 0 Å². The van der Waals surface area contributed by atoms with Gasteiger partial charge in [-0.3, -0.25) is 9.69 Å². The zero-order chi connectivity index (χ0) is 17.1. The largest absolute Gasteiger partial charge is 0.481 e. The number of nitrogens with zero attached hydrogens (tertiary/aromatic N) is 1. The molecule has 0 aromatic heterocycles. The van der Waals surface area contributed by atoms with Crippen molar-refractivity contribution >= 4 is 37.8 Å². The van der Waals surface area contributed by atoms with Crippen LogP contribution in [0.2, 0.25) is 0 Å². The maximum Gasteiger partial charge on any atom is 0.306 e. The third-order valence-corrected chi connectivity index (χ3v) is 6.09. The van der Waals surface area contributed by atoms with Gasteiger partial charge in [0.05, 0.1) is 12.0 Å². The molecule has 1 aliphatic heterocycles. The van der Waals surface area contributed by atoms with Gasteiger partial charge in [0, 0.05) is 8.95 Å². The van der Waals surface area contributed by atoms with E-state index in [0.29, 0.717) is 12.8 Å². The minimum Gasteiger partial charge on any atom is -0.481 e. The Morgan fingerprint density at radius 3 is 1.83 bits per heavy atom. The van der Waals surface area contributed by atoms with E-state index in [-0.39, 0.29) is 12.0 Å².